The van der Waals surface area contributed by atoms with Crippen molar-refractivity contribution in [1.29, 1.82) is 5.26 Å². The number of fused-ring (bicyclic) bond motifs is 1. The van der Waals surface area contributed by atoms with Gasteiger partial charge in [0, 0.05) is 40.1 Å². The third kappa shape index (κ3) is 5.27. The summed E-state index contributed by atoms with van der Waals surface area (Å²) < 4.78 is 50.4. The highest BCUT2D eigenvalue weighted by molar-refractivity contribution is 7.98. The fraction of sp³-hybridized carbons (Fsp3) is 0.241. The fourth-order valence-corrected chi connectivity index (χ4v) is 5.98. The molecule has 0 aliphatic heterocycles. The Labute approximate surface area is 228 Å². The zero-order valence-corrected chi connectivity index (χ0v) is 22.1. The van der Waals surface area contributed by atoms with Crippen molar-refractivity contribution in [3.63, 3.8) is 0 Å². The topological polar surface area (TPSA) is 50.8 Å². The predicted octanol–water partition coefficient (Wildman–Crippen LogP) is 7.91. The van der Waals surface area contributed by atoms with E-state index in [4.69, 9.17) is 26.6 Å². The van der Waals surface area contributed by atoms with Crippen LogP contribution in [0.25, 0.3) is 5.69 Å². The zero-order chi connectivity index (χ0) is 26.8. The Morgan fingerprint density at radius 3 is 2.53 bits per heavy atom. The van der Waals surface area contributed by atoms with E-state index in [-0.39, 0.29) is 35.4 Å². The molecule has 1 unspecified atom stereocenters. The van der Waals surface area contributed by atoms with Crippen molar-refractivity contribution in [1.82, 2.24) is 9.55 Å². The molecule has 5 rings (SSSR count). The van der Waals surface area contributed by atoms with Gasteiger partial charge in [-0.3, -0.25) is 4.57 Å². The molecule has 4 aromatic rings. The lowest BCUT2D eigenvalue weighted by atomic mass is 9.83. The number of hydrogen-bond acceptors (Lipinski definition) is 4. The van der Waals surface area contributed by atoms with E-state index in [2.05, 4.69) is 6.07 Å². The molecule has 38 heavy (non-hydrogen) atoms. The van der Waals surface area contributed by atoms with Crippen molar-refractivity contribution in [3.8, 4) is 17.5 Å². The number of ether oxygens (including phenoxy) is 1. The van der Waals surface area contributed by atoms with Crippen molar-refractivity contribution in [3.05, 3.63) is 105 Å². The monoisotopic (exact) mass is 553 g/mol. The van der Waals surface area contributed by atoms with Crippen LogP contribution < -0.4 is 4.74 Å². The minimum absolute atomic E-state index is 0.0159. The average Bonchev–Trinajstić information content (AvgIpc) is 3.27. The maximum atomic E-state index is 14.8. The Balaban J connectivity index is 1.55. The first-order valence-corrected chi connectivity index (χ1v) is 13.5. The lowest BCUT2D eigenvalue weighted by molar-refractivity contribution is 0.362. The molecule has 0 N–H and O–H groups in total. The van der Waals surface area contributed by atoms with Crippen molar-refractivity contribution in [2.45, 2.75) is 43.0 Å². The van der Waals surface area contributed by atoms with E-state index in [0.717, 1.165) is 59.6 Å². The number of nitriles is 1. The molecule has 1 aliphatic carbocycles. The van der Waals surface area contributed by atoms with Crippen LogP contribution in [-0.2, 0) is 12.2 Å². The largest absolute Gasteiger partial charge is 0.479 e. The van der Waals surface area contributed by atoms with Gasteiger partial charge in [-0.25, -0.2) is 18.2 Å². The van der Waals surface area contributed by atoms with Crippen LogP contribution in [0.15, 0.2) is 59.8 Å². The molecule has 0 radical (unpaired) electrons. The van der Waals surface area contributed by atoms with Crippen LogP contribution in [0.5, 0.6) is 5.75 Å². The van der Waals surface area contributed by atoms with E-state index in [1.54, 1.807) is 18.2 Å². The van der Waals surface area contributed by atoms with Crippen LogP contribution in [0, 0.1) is 35.7 Å². The van der Waals surface area contributed by atoms with Gasteiger partial charge in [-0.1, -0.05) is 35.5 Å². The van der Waals surface area contributed by atoms with E-state index in [1.807, 2.05) is 23.6 Å². The van der Waals surface area contributed by atoms with Crippen LogP contribution in [0.1, 0.15) is 46.8 Å². The molecule has 0 fully saturated rings. The first-order chi connectivity index (χ1) is 18.4. The molecule has 9 heteroatoms. The van der Waals surface area contributed by atoms with Gasteiger partial charge in [0.15, 0.2) is 11.8 Å². The van der Waals surface area contributed by atoms with Gasteiger partial charge in [0.05, 0.1) is 11.4 Å². The minimum atomic E-state index is -0.760. The molecule has 1 aromatic heterocycles. The van der Waals surface area contributed by atoms with Crippen LogP contribution in [0.4, 0.5) is 13.2 Å². The molecule has 1 atom stereocenters. The minimum Gasteiger partial charge on any atom is -0.479 e. The lowest BCUT2D eigenvalue weighted by Gasteiger charge is -2.25. The Kier molecular flexibility index (Phi) is 7.68. The lowest BCUT2D eigenvalue weighted by Crippen LogP contribution is -2.15. The SMILES string of the molecule is Cc1cc(C2CCCc3nc(SCc4c(F)cc(OCC#N)cc4F)n(-c4ccc(F)cc4)c32)ccc1Cl. The molecular formula is C29H23ClF3N3OS. The van der Waals surface area contributed by atoms with Gasteiger partial charge in [-0.05, 0) is 67.6 Å². The van der Waals surface area contributed by atoms with Crippen molar-refractivity contribution < 1.29 is 17.9 Å². The molecule has 3 aromatic carbocycles. The fourth-order valence-electron chi connectivity index (χ4n) is 4.81. The summed E-state index contributed by atoms with van der Waals surface area (Å²) in [5.41, 5.74) is 4.61. The number of hydrogen-bond donors (Lipinski definition) is 0. The van der Waals surface area contributed by atoms with Crippen LogP contribution >= 0.6 is 23.4 Å². The highest BCUT2D eigenvalue weighted by Gasteiger charge is 2.30. The van der Waals surface area contributed by atoms with Crippen LogP contribution in [0.2, 0.25) is 5.02 Å². The number of nitrogens with zero attached hydrogens (tertiary/aromatic N) is 3. The van der Waals surface area contributed by atoms with Crippen LogP contribution in [-0.4, -0.2) is 16.2 Å². The van der Waals surface area contributed by atoms with E-state index < -0.39 is 11.6 Å². The Hall–Kier alpha value is -3.41. The van der Waals surface area contributed by atoms with Gasteiger partial charge < -0.3 is 4.74 Å². The molecule has 0 amide bonds. The average molecular weight is 554 g/mol. The van der Waals surface area contributed by atoms with E-state index in [0.29, 0.717) is 10.2 Å². The first-order valence-electron chi connectivity index (χ1n) is 12.1. The number of thioether (sulfide) groups is 1. The number of imidazole rings is 1. The number of halogens is 4. The summed E-state index contributed by atoms with van der Waals surface area (Å²) in [6.07, 6.45) is 2.61. The quantitative estimate of drug-likeness (QED) is 0.218. The predicted molar refractivity (Wildman–Crippen MR) is 142 cm³/mol. The normalized spacial score (nSPS) is 14.7. The maximum Gasteiger partial charge on any atom is 0.174 e. The Morgan fingerprint density at radius 2 is 1.84 bits per heavy atom. The summed E-state index contributed by atoms with van der Waals surface area (Å²) in [6.45, 7) is 1.66. The van der Waals surface area contributed by atoms with E-state index >= 15 is 0 Å². The van der Waals surface area contributed by atoms with E-state index in [1.165, 1.54) is 23.9 Å². The maximum absolute atomic E-state index is 14.8. The Bertz CT molecular complexity index is 1510. The third-order valence-corrected chi connectivity index (χ3v) is 8.02. The molecule has 0 spiro atoms. The summed E-state index contributed by atoms with van der Waals surface area (Å²) in [6, 6.07) is 16.1. The first kappa shape index (κ1) is 26.2. The third-order valence-electron chi connectivity index (χ3n) is 6.63. The summed E-state index contributed by atoms with van der Waals surface area (Å²) in [5, 5.41) is 9.92. The van der Waals surface area contributed by atoms with E-state index in [9.17, 15) is 13.2 Å². The van der Waals surface area contributed by atoms with Gasteiger partial charge >= 0.3 is 0 Å². The zero-order valence-electron chi connectivity index (χ0n) is 20.5. The van der Waals surface area contributed by atoms with Gasteiger partial charge in [0.2, 0.25) is 0 Å². The number of benzene rings is 3. The van der Waals surface area contributed by atoms with Crippen molar-refractivity contribution in [2.75, 3.05) is 6.61 Å². The van der Waals surface area contributed by atoms with Crippen molar-refractivity contribution in [2.24, 2.45) is 0 Å². The number of aromatic nitrogens is 2. The summed E-state index contributed by atoms with van der Waals surface area (Å²) in [7, 11) is 0. The molecule has 1 heterocycles. The second kappa shape index (κ2) is 11.1. The second-order valence-corrected chi connectivity index (χ2v) is 10.4. The molecular weight excluding hydrogens is 531 g/mol. The molecule has 0 bridgehead atoms. The standard InChI is InChI=1S/C29H23ClF3N3OS/c1-17-13-18(5-10-24(17)30)22-3-2-4-27-28(22)36(20-8-6-19(31)7-9-20)29(35-27)38-16-23-25(32)14-21(15-26(23)33)37-12-11-34/h5-10,13-15,22H,2-4,12,16H2,1H3. The van der Waals surface area contributed by atoms with Gasteiger partial charge in [-0.2, -0.15) is 5.26 Å². The summed E-state index contributed by atoms with van der Waals surface area (Å²) >= 11 is 7.50. The number of aryl methyl sites for hydroxylation is 2. The molecule has 1 aliphatic rings. The highest BCUT2D eigenvalue weighted by atomic mass is 35.5. The number of rotatable bonds is 7. The van der Waals surface area contributed by atoms with Crippen LogP contribution in [0.3, 0.4) is 0 Å². The molecule has 4 nitrogen and oxygen atoms in total. The molecule has 0 saturated heterocycles. The van der Waals surface area contributed by atoms with Gasteiger partial charge in [-0.15, -0.1) is 0 Å². The Morgan fingerprint density at radius 1 is 1.11 bits per heavy atom. The van der Waals surface area contributed by atoms with Crippen molar-refractivity contribution >= 4 is 23.4 Å². The summed E-state index contributed by atoms with van der Waals surface area (Å²) in [5.74, 6) is -1.90. The second-order valence-electron chi connectivity index (χ2n) is 9.09. The van der Waals surface area contributed by atoms with Gasteiger partial charge in [0.25, 0.3) is 0 Å². The summed E-state index contributed by atoms with van der Waals surface area (Å²) in [4.78, 5) is 4.90. The van der Waals surface area contributed by atoms with Gasteiger partial charge in [0.1, 0.15) is 29.3 Å². The highest BCUT2D eigenvalue weighted by Crippen LogP contribution is 2.42. The molecule has 0 saturated carbocycles. The smallest absolute Gasteiger partial charge is 0.174 e. The molecule has 194 valence electrons.